The van der Waals surface area contributed by atoms with Crippen LogP contribution in [0.2, 0.25) is 0 Å². The van der Waals surface area contributed by atoms with Crippen molar-refractivity contribution in [3.63, 3.8) is 0 Å². The molecule has 1 aliphatic heterocycles. The van der Waals surface area contributed by atoms with Crippen molar-refractivity contribution in [2.24, 2.45) is 5.92 Å². The van der Waals surface area contributed by atoms with E-state index in [1.54, 1.807) is 0 Å². The van der Waals surface area contributed by atoms with E-state index in [1.807, 2.05) is 13.8 Å². The summed E-state index contributed by atoms with van der Waals surface area (Å²) >= 11 is 7.25. The van der Waals surface area contributed by atoms with E-state index in [4.69, 9.17) is 9.47 Å². The van der Waals surface area contributed by atoms with Crippen LogP contribution in [0.3, 0.4) is 0 Å². The number of halogens is 3. The second kappa shape index (κ2) is 10.2. The molecule has 0 bridgehead atoms. The van der Waals surface area contributed by atoms with Crippen LogP contribution in [0.15, 0.2) is 12.1 Å². The number of rotatable bonds is 7. The monoisotopic (exact) mass is 499 g/mol. The molecule has 6 heteroatoms. The van der Waals surface area contributed by atoms with E-state index < -0.39 is 0 Å². The standard InChI is InChI=1S/C16H23Br2NO2.BrH/c1-3-20-14-7-11-5-6-19-16(12(9-17)10-18)13(11)8-15(14)21-4-2;/h7-8,12,16,19H,3-6,9-10H2,1-2H3;1H. The molecule has 22 heavy (non-hydrogen) atoms. The molecule has 0 saturated carbocycles. The maximum absolute atomic E-state index is 5.77. The minimum atomic E-state index is 0. The Bertz CT molecular complexity index is 467. The van der Waals surface area contributed by atoms with Crippen LogP contribution in [-0.4, -0.2) is 30.4 Å². The molecule has 2 rings (SSSR count). The number of benzene rings is 1. The van der Waals surface area contributed by atoms with Crippen molar-refractivity contribution in [1.29, 1.82) is 0 Å². The lowest BCUT2D eigenvalue weighted by Crippen LogP contribution is -2.36. The minimum Gasteiger partial charge on any atom is -0.490 e. The largest absolute Gasteiger partial charge is 0.490 e. The molecule has 1 aliphatic rings. The highest BCUT2D eigenvalue weighted by Gasteiger charge is 2.28. The molecule has 3 nitrogen and oxygen atoms in total. The average molecular weight is 502 g/mol. The molecule has 0 spiro atoms. The molecule has 126 valence electrons. The summed E-state index contributed by atoms with van der Waals surface area (Å²) in [5.74, 6) is 2.24. The Morgan fingerprint density at radius 3 is 2.27 bits per heavy atom. The Balaban J connectivity index is 0.00000242. The van der Waals surface area contributed by atoms with E-state index in [9.17, 15) is 0 Å². The van der Waals surface area contributed by atoms with Crippen molar-refractivity contribution in [3.05, 3.63) is 23.3 Å². The van der Waals surface area contributed by atoms with Gasteiger partial charge in [-0.3, -0.25) is 0 Å². The number of nitrogens with one attached hydrogen (secondary N) is 1. The molecule has 0 fully saturated rings. The van der Waals surface area contributed by atoms with Gasteiger partial charge in [-0.05, 0) is 56.0 Å². The fourth-order valence-corrected chi connectivity index (χ4v) is 4.59. The predicted octanol–water partition coefficient (Wildman–Crippen LogP) is 4.65. The first-order valence-corrected chi connectivity index (χ1v) is 9.77. The van der Waals surface area contributed by atoms with Crippen molar-refractivity contribution in [2.75, 3.05) is 30.4 Å². The molecule has 1 heterocycles. The number of ether oxygens (including phenoxy) is 2. The zero-order chi connectivity index (χ0) is 15.2. The third-order valence-electron chi connectivity index (χ3n) is 3.77. The number of alkyl halides is 2. The fourth-order valence-electron chi connectivity index (χ4n) is 2.77. The molecular formula is C16H24Br3NO2. The van der Waals surface area contributed by atoms with Gasteiger partial charge in [0, 0.05) is 16.7 Å². The van der Waals surface area contributed by atoms with Gasteiger partial charge in [-0.15, -0.1) is 17.0 Å². The molecule has 1 aromatic rings. The van der Waals surface area contributed by atoms with Crippen molar-refractivity contribution in [1.82, 2.24) is 5.32 Å². The molecule has 1 aromatic carbocycles. The van der Waals surface area contributed by atoms with Crippen LogP contribution in [0.5, 0.6) is 11.5 Å². The van der Waals surface area contributed by atoms with E-state index in [1.165, 1.54) is 11.1 Å². The van der Waals surface area contributed by atoms with E-state index >= 15 is 0 Å². The normalized spacial score (nSPS) is 16.9. The van der Waals surface area contributed by atoms with Crippen LogP contribution in [-0.2, 0) is 6.42 Å². The Labute approximate surface area is 160 Å². The summed E-state index contributed by atoms with van der Waals surface area (Å²) in [4.78, 5) is 0. The Morgan fingerprint density at radius 1 is 1.14 bits per heavy atom. The predicted molar refractivity (Wildman–Crippen MR) is 105 cm³/mol. The summed E-state index contributed by atoms with van der Waals surface area (Å²) in [7, 11) is 0. The minimum absolute atomic E-state index is 0. The van der Waals surface area contributed by atoms with Crippen LogP contribution < -0.4 is 14.8 Å². The van der Waals surface area contributed by atoms with Crippen molar-refractivity contribution in [3.8, 4) is 11.5 Å². The summed E-state index contributed by atoms with van der Waals surface area (Å²) in [5, 5.41) is 5.57. The lowest BCUT2D eigenvalue weighted by atomic mass is 9.87. The average Bonchev–Trinajstić information content (AvgIpc) is 2.50. The van der Waals surface area contributed by atoms with Crippen LogP contribution in [0.25, 0.3) is 0 Å². The van der Waals surface area contributed by atoms with Gasteiger partial charge in [-0.1, -0.05) is 31.9 Å². The highest BCUT2D eigenvalue weighted by atomic mass is 79.9. The third-order valence-corrected chi connectivity index (χ3v) is 5.43. The maximum atomic E-state index is 5.77. The summed E-state index contributed by atoms with van der Waals surface area (Å²) in [6, 6.07) is 4.68. The van der Waals surface area contributed by atoms with Gasteiger partial charge in [0.25, 0.3) is 0 Å². The molecule has 0 radical (unpaired) electrons. The van der Waals surface area contributed by atoms with Gasteiger partial charge in [-0.2, -0.15) is 0 Å². The Kier molecular flexibility index (Phi) is 9.36. The molecule has 1 N–H and O–H groups in total. The van der Waals surface area contributed by atoms with Crippen molar-refractivity contribution >= 4 is 48.8 Å². The van der Waals surface area contributed by atoms with Gasteiger partial charge >= 0.3 is 0 Å². The van der Waals surface area contributed by atoms with Gasteiger partial charge in [0.1, 0.15) is 0 Å². The van der Waals surface area contributed by atoms with E-state index in [0.717, 1.165) is 35.1 Å². The summed E-state index contributed by atoms with van der Waals surface area (Å²) in [5.41, 5.74) is 2.72. The lowest BCUT2D eigenvalue weighted by molar-refractivity contribution is 0.285. The van der Waals surface area contributed by atoms with Crippen LogP contribution in [0.4, 0.5) is 0 Å². The first-order valence-electron chi connectivity index (χ1n) is 7.52. The topological polar surface area (TPSA) is 30.5 Å². The SMILES string of the molecule is Br.CCOc1cc2c(cc1OCC)C(C(CBr)CBr)NCC2. The zero-order valence-corrected chi connectivity index (χ0v) is 17.9. The van der Waals surface area contributed by atoms with Crippen LogP contribution in [0, 0.1) is 5.92 Å². The van der Waals surface area contributed by atoms with Crippen LogP contribution in [0.1, 0.15) is 31.0 Å². The second-order valence-electron chi connectivity index (χ2n) is 5.11. The van der Waals surface area contributed by atoms with Gasteiger partial charge in [0.15, 0.2) is 11.5 Å². The van der Waals surface area contributed by atoms with E-state index in [-0.39, 0.29) is 17.0 Å². The maximum Gasteiger partial charge on any atom is 0.161 e. The van der Waals surface area contributed by atoms with Gasteiger partial charge < -0.3 is 14.8 Å². The zero-order valence-electron chi connectivity index (χ0n) is 13.0. The van der Waals surface area contributed by atoms with Crippen LogP contribution >= 0.6 is 48.8 Å². The van der Waals surface area contributed by atoms with Gasteiger partial charge in [0.05, 0.1) is 13.2 Å². The summed E-state index contributed by atoms with van der Waals surface area (Å²) in [6.07, 6.45) is 1.04. The molecule has 0 amide bonds. The number of hydrogen-bond acceptors (Lipinski definition) is 3. The first-order chi connectivity index (χ1) is 10.2. The molecule has 1 atom stereocenters. The molecule has 1 unspecified atom stereocenters. The van der Waals surface area contributed by atoms with Crippen molar-refractivity contribution < 1.29 is 9.47 Å². The van der Waals surface area contributed by atoms with Gasteiger partial charge in [-0.25, -0.2) is 0 Å². The second-order valence-corrected chi connectivity index (χ2v) is 6.41. The summed E-state index contributed by atoms with van der Waals surface area (Å²) in [6.45, 7) is 6.33. The fraction of sp³-hybridized carbons (Fsp3) is 0.625. The van der Waals surface area contributed by atoms with E-state index in [2.05, 4.69) is 49.3 Å². The summed E-state index contributed by atoms with van der Waals surface area (Å²) < 4.78 is 11.5. The van der Waals surface area contributed by atoms with Gasteiger partial charge in [0.2, 0.25) is 0 Å². The number of hydrogen-bond donors (Lipinski definition) is 1. The smallest absolute Gasteiger partial charge is 0.161 e. The number of fused-ring (bicyclic) bond motifs is 1. The molecule has 0 aromatic heterocycles. The molecule has 0 aliphatic carbocycles. The van der Waals surface area contributed by atoms with E-state index in [0.29, 0.717) is 25.2 Å². The first kappa shape index (κ1) is 20.3. The Hall–Kier alpha value is 0.220. The quantitative estimate of drug-likeness (QED) is 0.551. The Morgan fingerprint density at radius 2 is 1.73 bits per heavy atom. The third kappa shape index (κ3) is 4.62. The molecule has 0 saturated heterocycles. The lowest BCUT2D eigenvalue weighted by Gasteiger charge is -2.32. The highest BCUT2D eigenvalue weighted by molar-refractivity contribution is 9.09. The van der Waals surface area contributed by atoms with Crippen molar-refractivity contribution in [2.45, 2.75) is 26.3 Å². The molecular weight excluding hydrogens is 478 g/mol. The highest BCUT2D eigenvalue weighted by Crippen LogP contribution is 2.38.